The molecule has 1 aliphatic rings. The molecular formula is C19H38N4O3. The third-order valence-electron chi connectivity index (χ3n) is 4.81. The number of nitrogens with two attached hydrogens (primary N) is 1. The van der Waals surface area contributed by atoms with Crippen LogP contribution in [-0.2, 0) is 9.53 Å². The molecule has 1 rings (SSSR count). The predicted octanol–water partition coefficient (Wildman–Crippen LogP) is 1.86. The van der Waals surface area contributed by atoms with E-state index in [4.69, 9.17) is 10.5 Å². The Morgan fingerprint density at radius 3 is 2.58 bits per heavy atom. The van der Waals surface area contributed by atoms with Crippen molar-refractivity contribution in [1.29, 1.82) is 0 Å². The first kappa shape index (κ1) is 22.7. The van der Waals surface area contributed by atoms with Crippen molar-refractivity contribution in [3.8, 4) is 0 Å². The number of carbonyl (C=O) groups excluding carboxylic acids is 2. The number of amides is 2. The molecule has 7 nitrogen and oxygen atoms in total. The van der Waals surface area contributed by atoms with E-state index in [0.29, 0.717) is 25.4 Å². The van der Waals surface area contributed by atoms with Crippen LogP contribution in [0.5, 0.6) is 0 Å². The highest BCUT2D eigenvalue weighted by molar-refractivity contribution is 5.82. The van der Waals surface area contributed by atoms with Crippen molar-refractivity contribution in [3.05, 3.63) is 0 Å². The van der Waals surface area contributed by atoms with Crippen molar-refractivity contribution >= 4 is 12.0 Å². The molecule has 0 radical (unpaired) electrons. The van der Waals surface area contributed by atoms with Crippen molar-refractivity contribution < 1.29 is 14.3 Å². The first-order valence-corrected chi connectivity index (χ1v) is 9.91. The zero-order chi connectivity index (χ0) is 19.7. The van der Waals surface area contributed by atoms with E-state index in [1.165, 1.54) is 0 Å². The van der Waals surface area contributed by atoms with Crippen LogP contribution < -0.4 is 16.4 Å². The number of rotatable bonds is 8. The fourth-order valence-electron chi connectivity index (χ4n) is 3.15. The largest absolute Gasteiger partial charge is 0.444 e. The van der Waals surface area contributed by atoms with Gasteiger partial charge in [-0.15, -0.1) is 0 Å². The summed E-state index contributed by atoms with van der Waals surface area (Å²) in [6.07, 6.45) is 3.06. The van der Waals surface area contributed by atoms with Crippen molar-refractivity contribution in [2.75, 3.05) is 26.2 Å². The summed E-state index contributed by atoms with van der Waals surface area (Å²) < 4.78 is 5.24. The van der Waals surface area contributed by atoms with E-state index in [2.05, 4.69) is 24.5 Å². The van der Waals surface area contributed by atoms with Crippen molar-refractivity contribution in [2.24, 2.45) is 11.7 Å². The molecule has 0 aliphatic carbocycles. The van der Waals surface area contributed by atoms with Gasteiger partial charge >= 0.3 is 6.09 Å². The summed E-state index contributed by atoms with van der Waals surface area (Å²) >= 11 is 0. The highest BCUT2D eigenvalue weighted by Gasteiger charge is 2.31. The lowest BCUT2D eigenvalue weighted by Crippen LogP contribution is -2.49. The molecule has 7 heteroatoms. The standard InChI is InChI=1S/C19H38N4O3/c1-6-14(7-2)13-23-11-9-15(12-20)22-16(17(23)24)8-10-21-18(25)26-19(3,4)5/h14-16,22H,6-13,20H2,1-5H3,(H,21,25)/t15-,16-/m0/s1. The van der Waals surface area contributed by atoms with Gasteiger partial charge in [0.05, 0.1) is 6.04 Å². The van der Waals surface area contributed by atoms with Gasteiger partial charge in [0.25, 0.3) is 0 Å². The molecule has 2 atom stereocenters. The van der Waals surface area contributed by atoms with Gasteiger partial charge in [-0.1, -0.05) is 26.7 Å². The monoisotopic (exact) mass is 370 g/mol. The number of nitrogens with zero attached hydrogens (tertiary/aromatic N) is 1. The van der Waals surface area contributed by atoms with E-state index in [0.717, 1.165) is 32.4 Å². The SMILES string of the molecule is CCC(CC)CN1CC[C@@H](CN)N[C@@H](CCNC(=O)OC(C)(C)C)C1=O. The molecule has 0 unspecified atom stereocenters. The summed E-state index contributed by atoms with van der Waals surface area (Å²) in [5.41, 5.74) is 5.31. The number of hydrogen-bond donors (Lipinski definition) is 3. The number of nitrogens with one attached hydrogen (secondary N) is 2. The normalized spacial score (nSPS) is 21.7. The van der Waals surface area contributed by atoms with E-state index >= 15 is 0 Å². The molecule has 0 spiro atoms. The van der Waals surface area contributed by atoms with E-state index < -0.39 is 11.7 Å². The Kier molecular flexibility index (Phi) is 9.36. The summed E-state index contributed by atoms with van der Waals surface area (Å²) in [5, 5.41) is 6.10. The third-order valence-corrected chi connectivity index (χ3v) is 4.81. The molecule has 1 aliphatic heterocycles. The molecule has 2 amide bonds. The maximum Gasteiger partial charge on any atom is 0.407 e. The molecule has 0 aromatic heterocycles. The van der Waals surface area contributed by atoms with Gasteiger partial charge < -0.3 is 26.0 Å². The fourth-order valence-corrected chi connectivity index (χ4v) is 3.15. The quantitative estimate of drug-likeness (QED) is 0.606. The number of hydrogen-bond acceptors (Lipinski definition) is 5. The van der Waals surface area contributed by atoms with Gasteiger partial charge in [-0.3, -0.25) is 4.79 Å². The Morgan fingerprint density at radius 1 is 1.38 bits per heavy atom. The number of carbonyl (C=O) groups is 2. The van der Waals surface area contributed by atoms with Crippen LogP contribution in [0.2, 0.25) is 0 Å². The fraction of sp³-hybridized carbons (Fsp3) is 0.895. The molecule has 1 fully saturated rings. The lowest BCUT2D eigenvalue weighted by atomic mass is 10.0. The molecule has 0 aromatic rings. The van der Waals surface area contributed by atoms with Gasteiger partial charge in [0.15, 0.2) is 0 Å². The van der Waals surface area contributed by atoms with Crippen LogP contribution in [0.3, 0.4) is 0 Å². The molecule has 152 valence electrons. The molecule has 0 aromatic carbocycles. The Bertz CT molecular complexity index is 447. The molecule has 26 heavy (non-hydrogen) atoms. The maximum atomic E-state index is 13.0. The summed E-state index contributed by atoms with van der Waals surface area (Å²) in [6, 6.07) is -0.201. The Balaban J connectivity index is 2.64. The highest BCUT2D eigenvalue weighted by Crippen LogP contribution is 2.15. The minimum absolute atomic E-state index is 0.110. The lowest BCUT2D eigenvalue weighted by Gasteiger charge is -2.28. The van der Waals surface area contributed by atoms with Crippen molar-refractivity contribution in [2.45, 2.75) is 78.0 Å². The third kappa shape index (κ3) is 7.91. The summed E-state index contributed by atoms with van der Waals surface area (Å²) in [5.74, 6) is 0.632. The first-order chi connectivity index (χ1) is 12.2. The molecule has 1 saturated heterocycles. The Morgan fingerprint density at radius 2 is 2.04 bits per heavy atom. The van der Waals surface area contributed by atoms with Gasteiger partial charge in [0.2, 0.25) is 5.91 Å². The molecular weight excluding hydrogens is 332 g/mol. The van der Waals surface area contributed by atoms with Crippen LogP contribution in [0.15, 0.2) is 0 Å². The lowest BCUT2D eigenvalue weighted by molar-refractivity contribution is -0.133. The van der Waals surface area contributed by atoms with Gasteiger partial charge in [-0.05, 0) is 39.5 Å². The maximum absolute atomic E-state index is 13.0. The highest BCUT2D eigenvalue weighted by atomic mass is 16.6. The average Bonchev–Trinajstić information content (AvgIpc) is 2.71. The van der Waals surface area contributed by atoms with E-state index in [-0.39, 0.29) is 18.0 Å². The number of alkyl carbamates (subject to hydrolysis) is 1. The van der Waals surface area contributed by atoms with E-state index in [1.54, 1.807) is 0 Å². The van der Waals surface area contributed by atoms with Crippen LogP contribution in [0.25, 0.3) is 0 Å². The Hall–Kier alpha value is -1.34. The van der Waals surface area contributed by atoms with Gasteiger partial charge in [-0.2, -0.15) is 0 Å². The smallest absolute Gasteiger partial charge is 0.407 e. The van der Waals surface area contributed by atoms with Crippen LogP contribution in [-0.4, -0.2) is 60.8 Å². The van der Waals surface area contributed by atoms with Crippen LogP contribution in [0.1, 0.15) is 60.3 Å². The van der Waals surface area contributed by atoms with Gasteiger partial charge in [0, 0.05) is 32.2 Å². The van der Waals surface area contributed by atoms with E-state index in [9.17, 15) is 9.59 Å². The minimum atomic E-state index is -0.531. The summed E-state index contributed by atoms with van der Waals surface area (Å²) in [4.78, 5) is 26.7. The molecule has 0 saturated carbocycles. The van der Waals surface area contributed by atoms with Gasteiger partial charge in [-0.25, -0.2) is 4.79 Å². The molecule has 4 N–H and O–H groups in total. The van der Waals surface area contributed by atoms with E-state index in [1.807, 2.05) is 25.7 Å². The van der Waals surface area contributed by atoms with Crippen LogP contribution >= 0.6 is 0 Å². The molecule has 1 heterocycles. The average molecular weight is 371 g/mol. The zero-order valence-corrected chi connectivity index (χ0v) is 17.1. The second-order valence-electron chi connectivity index (χ2n) is 8.12. The second-order valence-corrected chi connectivity index (χ2v) is 8.12. The minimum Gasteiger partial charge on any atom is -0.444 e. The second kappa shape index (κ2) is 10.7. The zero-order valence-electron chi connectivity index (χ0n) is 17.1. The first-order valence-electron chi connectivity index (χ1n) is 9.91. The predicted molar refractivity (Wildman–Crippen MR) is 104 cm³/mol. The summed E-state index contributed by atoms with van der Waals surface area (Å²) in [7, 11) is 0. The molecule has 0 bridgehead atoms. The van der Waals surface area contributed by atoms with Gasteiger partial charge in [0.1, 0.15) is 5.60 Å². The van der Waals surface area contributed by atoms with Crippen molar-refractivity contribution in [3.63, 3.8) is 0 Å². The van der Waals surface area contributed by atoms with Crippen molar-refractivity contribution in [1.82, 2.24) is 15.5 Å². The number of ether oxygens (including phenoxy) is 1. The summed E-state index contributed by atoms with van der Waals surface area (Å²) in [6.45, 7) is 12.2. The topological polar surface area (TPSA) is 96.7 Å². The van der Waals surface area contributed by atoms with Crippen LogP contribution in [0.4, 0.5) is 4.79 Å². The van der Waals surface area contributed by atoms with Crippen LogP contribution in [0, 0.1) is 5.92 Å². The Labute approximate surface area is 158 Å².